The third-order valence-electron chi connectivity index (χ3n) is 2.36. The lowest BCUT2D eigenvalue weighted by Gasteiger charge is -2.13. The Balaban J connectivity index is 2.54. The minimum Gasteiger partial charge on any atom is -0.394 e. The Morgan fingerprint density at radius 1 is 1.42 bits per heavy atom. The van der Waals surface area contributed by atoms with Gasteiger partial charge >= 0.3 is 6.18 Å². The normalized spacial score (nSPS) is 13.8. The van der Waals surface area contributed by atoms with E-state index in [4.69, 9.17) is 5.11 Å². The largest absolute Gasteiger partial charge is 0.453 e. The molecule has 19 heavy (non-hydrogen) atoms. The van der Waals surface area contributed by atoms with E-state index in [-0.39, 0.29) is 18.4 Å². The SMILES string of the molecule is Cc1cc(NC(C)CO)n2nc(C(F)(F)F)nc2n1. The van der Waals surface area contributed by atoms with Crippen molar-refractivity contribution < 1.29 is 18.3 Å². The molecule has 0 spiro atoms. The van der Waals surface area contributed by atoms with Crippen molar-refractivity contribution >= 4 is 11.6 Å². The van der Waals surface area contributed by atoms with Crippen molar-refractivity contribution in [2.75, 3.05) is 11.9 Å². The molecule has 0 aliphatic carbocycles. The fourth-order valence-corrected chi connectivity index (χ4v) is 1.51. The molecule has 0 saturated carbocycles. The Kier molecular flexibility index (Phi) is 3.31. The van der Waals surface area contributed by atoms with Crippen LogP contribution in [0.1, 0.15) is 18.4 Å². The number of aliphatic hydroxyl groups excluding tert-OH is 1. The third kappa shape index (κ3) is 2.75. The average molecular weight is 275 g/mol. The molecule has 2 heterocycles. The molecule has 2 rings (SSSR count). The van der Waals surface area contributed by atoms with Crippen molar-refractivity contribution in [3.63, 3.8) is 0 Å². The Morgan fingerprint density at radius 3 is 2.68 bits per heavy atom. The van der Waals surface area contributed by atoms with Gasteiger partial charge in [0.2, 0.25) is 0 Å². The summed E-state index contributed by atoms with van der Waals surface area (Å²) in [4.78, 5) is 7.24. The maximum Gasteiger partial charge on any atom is 0.453 e. The first-order valence-corrected chi connectivity index (χ1v) is 5.50. The second kappa shape index (κ2) is 4.65. The van der Waals surface area contributed by atoms with Crippen molar-refractivity contribution in [1.82, 2.24) is 19.6 Å². The maximum absolute atomic E-state index is 12.6. The smallest absolute Gasteiger partial charge is 0.394 e. The van der Waals surface area contributed by atoms with E-state index in [1.54, 1.807) is 13.8 Å². The van der Waals surface area contributed by atoms with Gasteiger partial charge in [-0.05, 0) is 13.8 Å². The van der Waals surface area contributed by atoms with Gasteiger partial charge in [0.15, 0.2) is 0 Å². The molecule has 0 fully saturated rings. The topological polar surface area (TPSA) is 75.3 Å². The zero-order chi connectivity index (χ0) is 14.2. The van der Waals surface area contributed by atoms with Crippen LogP contribution in [0.3, 0.4) is 0 Å². The quantitative estimate of drug-likeness (QED) is 0.881. The zero-order valence-corrected chi connectivity index (χ0v) is 10.2. The number of aliphatic hydroxyl groups is 1. The highest BCUT2D eigenvalue weighted by atomic mass is 19.4. The van der Waals surface area contributed by atoms with E-state index in [9.17, 15) is 13.2 Å². The number of nitrogens with one attached hydrogen (secondary N) is 1. The number of nitrogens with zero attached hydrogens (tertiary/aromatic N) is 4. The molecule has 0 aliphatic rings. The molecule has 0 aromatic carbocycles. The monoisotopic (exact) mass is 275 g/mol. The number of anilines is 1. The second-order valence-electron chi connectivity index (χ2n) is 4.16. The molecule has 1 atom stereocenters. The summed E-state index contributed by atoms with van der Waals surface area (Å²) < 4.78 is 38.7. The van der Waals surface area contributed by atoms with Gasteiger partial charge in [-0.1, -0.05) is 0 Å². The molecule has 0 radical (unpaired) electrons. The lowest BCUT2D eigenvalue weighted by molar-refractivity contribution is -0.144. The van der Waals surface area contributed by atoms with Gasteiger partial charge in [-0.3, -0.25) is 0 Å². The molecule has 2 aromatic rings. The number of aromatic nitrogens is 4. The number of hydrogen-bond donors (Lipinski definition) is 2. The number of halogens is 3. The summed E-state index contributed by atoms with van der Waals surface area (Å²) >= 11 is 0. The zero-order valence-electron chi connectivity index (χ0n) is 10.2. The first-order valence-electron chi connectivity index (χ1n) is 5.50. The first-order chi connectivity index (χ1) is 8.81. The molecule has 104 valence electrons. The van der Waals surface area contributed by atoms with Crippen LogP contribution in [0, 0.1) is 6.92 Å². The van der Waals surface area contributed by atoms with Gasteiger partial charge in [0, 0.05) is 17.8 Å². The van der Waals surface area contributed by atoms with Crippen LogP contribution >= 0.6 is 0 Å². The van der Waals surface area contributed by atoms with Crippen LogP contribution in [0.4, 0.5) is 19.0 Å². The van der Waals surface area contributed by atoms with Crippen LogP contribution < -0.4 is 5.32 Å². The number of alkyl halides is 3. The lowest BCUT2D eigenvalue weighted by atomic mass is 10.3. The number of aryl methyl sites for hydroxylation is 1. The van der Waals surface area contributed by atoms with Crippen LogP contribution in [-0.4, -0.2) is 37.3 Å². The van der Waals surface area contributed by atoms with Gasteiger partial charge < -0.3 is 10.4 Å². The standard InChI is InChI=1S/C10H12F3N5O/c1-5-3-7(14-6(2)4-19)18-9(15-5)16-8(17-18)10(11,12)13/h3,6,14,19H,4H2,1-2H3. The fourth-order valence-electron chi connectivity index (χ4n) is 1.51. The van der Waals surface area contributed by atoms with E-state index < -0.39 is 12.0 Å². The summed E-state index contributed by atoms with van der Waals surface area (Å²) in [6.45, 7) is 3.16. The van der Waals surface area contributed by atoms with Crippen molar-refractivity contribution in [2.24, 2.45) is 0 Å². The Labute approximate surface area is 106 Å². The average Bonchev–Trinajstić information content (AvgIpc) is 2.72. The van der Waals surface area contributed by atoms with Crippen LogP contribution in [0.5, 0.6) is 0 Å². The summed E-state index contributed by atoms with van der Waals surface area (Å²) in [6, 6.07) is 1.21. The highest BCUT2D eigenvalue weighted by molar-refractivity contribution is 5.46. The van der Waals surface area contributed by atoms with E-state index in [0.29, 0.717) is 11.5 Å². The van der Waals surface area contributed by atoms with Gasteiger partial charge in [0.05, 0.1) is 6.61 Å². The fraction of sp³-hybridized carbons (Fsp3) is 0.500. The summed E-state index contributed by atoms with van der Waals surface area (Å²) in [5.41, 5.74) is 0.501. The Bertz CT molecular complexity index is 595. The van der Waals surface area contributed by atoms with Crippen LogP contribution in [0.2, 0.25) is 0 Å². The molecule has 0 amide bonds. The third-order valence-corrected chi connectivity index (χ3v) is 2.36. The second-order valence-corrected chi connectivity index (χ2v) is 4.16. The molecule has 0 aliphatic heterocycles. The van der Waals surface area contributed by atoms with Crippen molar-refractivity contribution in [2.45, 2.75) is 26.1 Å². The van der Waals surface area contributed by atoms with E-state index in [0.717, 1.165) is 4.52 Å². The minimum atomic E-state index is -4.62. The maximum atomic E-state index is 12.6. The van der Waals surface area contributed by atoms with Crippen LogP contribution in [0.25, 0.3) is 5.78 Å². The lowest BCUT2D eigenvalue weighted by Crippen LogP contribution is -2.21. The van der Waals surface area contributed by atoms with Gasteiger partial charge in [0.1, 0.15) is 5.82 Å². The van der Waals surface area contributed by atoms with Crippen molar-refractivity contribution in [3.05, 3.63) is 17.6 Å². The van der Waals surface area contributed by atoms with E-state index in [2.05, 4.69) is 20.4 Å². The molecule has 1 unspecified atom stereocenters. The highest BCUT2D eigenvalue weighted by Gasteiger charge is 2.36. The number of hydrogen-bond acceptors (Lipinski definition) is 5. The molecule has 0 saturated heterocycles. The summed E-state index contributed by atoms with van der Waals surface area (Å²) in [5, 5.41) is 15.2. The molecular weight excluding hydrogens is 263 g/mol. The molecule has 6 nitrogen and oxygen atoms in total. The molecule has 2 N–H and O–H groups in total. The predicted molar refractivity (Wildman–Crippen MR) is 60.7 cm³/mol. The van der Waals surface area contributed by atoms with Gasteiger partial charge in [0.25, 0.3) is 11.6 Å². The van der Waals surface area contributed by atoms with Crippen molar-refractivity contribution in [1.29, 1.82) is 0 Å². The molecule has 9 heteroatoms. The number of fused-ring (bicyclic) bond motifs is 1. The molecule has 2 aromatic heterocycles. The van der Waals surface area contributed by atoms with Gasteiger partial charge in [-0.25, -0.2) is 4.98 Å². The minimum absolute atomic E-state index is 0.139. The van der Waals surface area contributed by atoms with Gasteiger partial charge in [-0.2, -0.15) is 22.7 Å². The van der Waals surface area contributed by atoms with Gasteiger partial charge in [-0.15, -0.1) is 5.10 Å². The Morgan fingerprint density at radius 2 is 2.11 bits per heavy atom. The van der Waals surface area contributed by atoms with E-state index in [1.807, 2.05) is 0 Å². The van der Waals surface area contributed by atoms with Crippen molar-refractivity contribution in [3.8, 4) is 0 Å². The van der Waals surface area contributed by atoms with Crippen LogP contribution in [0.15, 0.2) is 6.07 Å². The molecule has 0 bridgehead atoms. The van der Waals surface area contributed by atoms with E-state index >= 15 is 0 Å². The first kappa shape index (κ1) is 13.5. The highest BCUT2D eigenvalue weighted by Crippen LogP contribution is 2.27. The van der Waals surface area contributed by atoms with Crippen LogP contribution in [-0.2, 0) is 6.18 Å². The Hall–Kier alpha value is -1.90. The predicted octanol–water partition coefficient (Wildman–Crippen LogP) is 1.24. The molecular formula is C10H12F3N5O. The van der Waals surface area contributed by atoms with E-state index in [1.165, 1.54) is 6.07 Å². The summed E-state index contributed by atoms with van der Waals surface area (Å²) in [5.74, 6) is -1.09. The summed E-state index contributed by atoms with van der Waals surface area (Å²) in [7, 11) is 0. The number of rotatable bonds is 3. The summed E-state index contributed by atoms with van der Waals surface area (Å²) in [6.07, 6.45) is -4.62.